The number of ether oxygens (including phenoxy) is 1. The lowest BCUT2D eigenvalue weighted by molar-refractivity contribution is 0.0716. The Morgan fingerprint density at radius 1 is 1.28 bits per heavy atom. The zero-order chi connectivity index (χ0) is 13.0. The Bertz CT molecular complexity index is 280. The van der Waals surface area contributed by atoms with Gasteiger partial charge >= 0.3 is 6.09 Å². The van der Waals surface area contributed by atoms with Crippen LogP contribution in [-0.2, 0) is 4.74 Å². The molecule has 1 unspecified atom stereocenters. The molecule has 5 heteroatoms. The third-order valence-corrected chi connectivity index (χ3v) is 4.14. The Morgan fingerprint density at radius 2 is 2.00 bits per heavy atom. The Labute approximate surface area is 108 Å². The van der Waals surface area contributed by atoms with Crippen molar-refractivity contribution in [2.24, 2.45) is 5.92 Å². The lowest BCUT2D eigenvalue weighted by Crippen LogP contribution is -2.44. The highest BCUT2D eigenvalue weighted by Gasteiger charge is 2.36. The van der Waals surface area contributed by atoms with Crippen LogP contribution in [0.15, 0.2) is 0 Å². The molecular weight excluding hydrogens is 235 g/mol. The summed E-state index contributed by atoms with van der Waals surface area (Å²) >= 11 is 0. The second-order valence-corrected chi connectivity index (χ2v) is 5.35. The molecule has 2 rings (SSSR count). The molecule has 0 bridgehead atoms. The number of nitrogens with zero attached hydrogens (tertiary/aromatic N) is 2. The standard InChI is InChI=1S/C13H23FN2O2/c1-15-8-4-11(5-9-15)12-3-2-7-16(12)13(17)18-10-6-14/h11-12H,2-10H2,1H3. The van der Waals surface area contributed by atoms with Gasteiger partial charge in [-0.15, -0.1) is 0 Å². The predicted octanol–water partition coefficient (Wildman–Crippen LogP) is 1.90. The lowest BCUT2D eigenvalue weighted by Gasteiger charge is -2.36. The number of carbonyl (C=O) groups is 1. The molecule has 2 aliphatic rings. The Balaban J connectivity index is 1.88. The quantitative estimate of drug-likeness (QED) is 0.775. The molecule has 1 atom stereocenters. The van der Waals surface area contributed by atoms with E-state index in [4.69, 9.17) is 4.74 Å². The fourth-order valence-electron chi connectivity index (χ4n) is 3.13. The highest BCUT2D eigenvalue weighted by molar-refractivity contribution is 5.68. The maximum Gasteiger partial charge on any atom is 0.410 e. The number of hydrogen-bond acceptors (Lipinski definition) is 3. The smallest absolute Gasteiger partial charge is 0.410 e. The molecule has 0 saturated carbocycles. The van der Waals surface area contributed by atoms with E-state index < -0.39 is 6.67 Å². The molecule has 104 valence electrons. The number of rotatable bonds is 3. The van der Waals surface area contributed by atoms with Crippen molar-refractivity contribution in [3.05, 3.63) is 0 Å². The first-order chi connectivity index (χ1) is 8.72. The largest absolute Gasteiger partial charge is 0.447 e. The van der Waals surface area contributed by atoms with Crippen LogP contribution in [0.3, 0.4) is 0 Å². The van der Waals surface area contributed by atoms with Gasteiger partial charge in [-0.2, -0.15) is 0 Å². The number of likely N-dealkylation sites (tertiary alicyclic amines) is 2. The van der Waals surface area contributed by atoms with Gasteiger partial charge in [0.1, 0.15) is 13.3 Å². The minimum absolute atomic E-state index is 0.116. The van der Waals surface area contributed by atoms with Crippen LogP contribution in [-0.4, -0.2) is 61.9 Å². The number of amides is 1. The SMILES string of the molecule is CN1CCC(C2CCCN2C(=O)OCCF)CC1. The van der Waals surface area contributed by atoms with Crippen molar-refractivity contribution >= 4 is 6.09 Å². The van der Waals surface area contributed by atoms with Crippen LogP contribution in [0.25, 0.3) is 0 Å². The molecule has 0 spiro atoms. The summed E-state index contributed by atoms with van der Waals surface area (Å²) in [5.74, 6) is 0.585. The summed E-state index contributed by atoms with van der Waals surface area (Å²) in [4.78, 5) is 16.0. The highest BCUT2D eigenvalue weighted by atomic mass is 19.1. The predicted molar refractivity (Wildman–Crippen MR) is 67.3 cm³/mol. The van der Waals surface area contributed by atoms with Crippen molar-refractivity contribution in [2.45, 2.75) is 31.7 Å². The number of piperidine rings is 1. The number of alkyl halides is 1. The van der Waals surface area contributed by atoms with Gasteiger partial charge < -0.3 is 14.5 Å². The van der Waals surface area contributed by atoms with Crippen molar-refractivity contribution in [1.29, 1.82) is 0 Å². The van der Waals surface area contributed by atoms with E-state index in [0.29, 0.717) is 12.0 Å². The van der Waals surface area contributed by atoms with Crippen LogP contribution < -0.4 is 0 Å². The second-order valence-electron chi connectivity index (χ2n) is 5.35. The molecule has 0 aromatic carbocycles. The molecular formula is C13H23FN2O2. The van der Waals surface area contributed by atoms with Crippen LogP contribution in [0.5, 0.6) is 0 Å². The Morgan fingerprint density at radius 3 is 2.67 bits per heavy atom. The van der Waals surface area contributed by atoms with Crippen molar-refractivity contribution in [1.82, 2.24) is 9.80 Å². The average Bonchev–Trinajstić information content (AvgIpc) is 2.86. The Hall–Kier alpha value is -0.840. The molecule has 0 N–H and O–H groups in total. The third kappa shape index (κ3) is 3.13. The minimum Gasteiger partial charge on any atom is -0.447 e. The van der Waals surface area contributed by atoms with E-state index >= 15 is 0 Å². The number of halogens is 1. The van der Waals surface area contributed by atoms with Gasteiger partial charge in [-0.25, -0.2) is 9.18 Å². The molecule has 0 radical (unpaired) electrons. The third-order valence-electron chi connectivity index (χ3n) is 4.14. The summed E-state index contributed by atoms with van der Waals surface area (Å²) in [6, 6.07) is 0.311. The number of carbonyl (C=O) groups excluding carboxylic acids is 1. The maximum absolute atomic E-state index is 12.0. The molecule has 0 aromatic heterocycles. The molecule has 2 fully saturated rings. The van der Waals surface area contributed by atoms with Gasteiger partial charge in [-0.05, 0) is 51.7 Å². The van der Waals surface area contributed by atoms with E-state index in [0.717, 1.165) is 45.3 Å². The molecule has 2 aliphatic heterocycles. The van der Waals surface area contributed by atoms with Crippen LogP contribution in [0.2, 0.25) is 0 Å². The summed E-state index contributed by atoms with van der Waals surface area (Å²) in [7, 11) is 2.14. The van der Waals surface area contributed by atoms with Crippen molar-refractivity contribution in [3.63, 3.8) is 0 Å². The van der Waals surface area contributed by atoms with Gasteiger partial charge in [-0.1, -0.05) is 0 Å². The maximum atomic E-state index is 12.0. The second kappa shape index (κ2) is 6.36. The summed E-state index contributed by atoms with van der Waals surface area (Å²) in [5, 5.41) is 0. The van der Waals surface area contributed by atoms with E-state index in [1.165, 1.54) is 0 Å². The first kappa shape index (κ1) is 13.6. The van der Waals surface area contributed by atoms with Gasteiger partial charge in [0.25, 0.3) is 0 Å². The molecule has 2 heterocycles. The summed E-state index contributed by atoms with van der Waals surface area (Å²) < 4.78 is 17.0. The van der Waals surface area contributed by atoms with Crippen LogP contribution in [0, 0.1) is 5.92 Å². The molecule has 2 saturated heterocycles. The lowest BCUT2D eigenvalue weighted by atomic mass is 9.88. The zero-order valence-corrected chi connectivity index (χ0v) is 11.1. The van der Waals surface area contributed by atoms with Crippen molar-refractivity contribution in [3.8, 4) is 0 Å². The minimum atomic E-state index is -0.599. The highest BCUT2D eigenvalue weighted by Crippen LogP contribution is 2.31. The van der Waals surface area contributed by atoms with Crippen LogP contribution in [0.1, 0.15) is 25.7 Å². The molecule has 4 nitrogen and oxygen atoms in total. The number of hydrogen-bond donors (Lipinski definition) is 0. The molecule has 1 amide bonds. The molecule has 18 heavy (non-hydrogen) atoms. The van der Waals surface area contributed by atoms with Gasteiger partial charge in [0.05, 0.1) is 0 Å². The van der Waals surface area contributed by atoms with Gasteiger partial charge in [0.2, 0.25) is 0 Å². The summed E-state index contributed by atoms with van der Waals surface area (Å²) in [6.07, 6.45) is 4.08. The first-order valence-corrected chi connectivity index (χ1v) is 6.90. The van der Waals surface area contributed by atoms with Crippen LogP contribution >= 0.6 is 0 Å². The molecule has 0 aromatic rings. The monoisotopic (exact) mass is 258 g/mol. The average molecular weight is 258 g/mol. The van der Waals surface area contributed by atoms with E-state index in [-0.39, 0.29) is 12.7 Å². The molecule has 0 aliphatic carbocycles. The topological polar surface area (TPSA) is 32.8 Å². The van der Waals surface area contributed by atoms with E-state index in [9.17, 15) is 9.18 Å². The fraction of sp³-hybridized carbons (Fsp3) is 0.923. The van der Waals surface area contributed by atoms with Crippen molar-refractivity contribution < 1.29 is 13.9 Å². The fourth-order valence-corrected chi connectivity index (χ4v) is 3.13. The Kier molecular flexibility index (Phi) is 4.80. The normalized spacial score (nSPS) is 26.6. The summed E-state index contributed by atoms with van der Waals surface area (Å²) in [6.45, 7) is 2.26. The van der Waals surface area contributed by atoms with Crippen molar-refractivity contribution in [2.75, 3.05) is 40.0 Å². The van der Waals surface area contributed by atoms with Crippen LogP contribution in [0.4, 0.5) is 9.18 Å². The van der Waals surface area contributed by atoms with Gasteiger partial charge in [-0.3, -0.25) is 0 Å². The first-order valence-electron chi connectivity index (χ1n) is 6.90. The summed E-state index contributed by atoms with van der Waals surface area (Å²) in [5.41, 5.74) is 0. The van der Waals surface area contributed by atoms with E-state index in [2.05, 4.69) is 11.9 Å². The zero-order valence-electron chi connectivity index (χ0n) is 11.1. The van der Waals surface area contributed by atoms with E-state index in [1.807, 2.05) is 4.90 Å². The van der Waals surface area contributed by atoms with Gasteiger partial charge in [0.15, 0.2) is 0 Å². The van der Waals surface area contributed by atoms with Gasteiger partial charge in [0, 0.05) is 12.6 Å². The van der Waals surface area contributed by atoms with E-state index in [1.54, 1.807) is 0 Å².